The van der Waals surface area contributed by atoms with Crippen LogP contribution in [-0.4, -0.2) is 17.8 Å². The first-order valence-corrected chi connectivity index (χ1v) is 7.45. The number of nitrogens with zero attached hydrogens (tertiary/aromatic N) is 1. The average Bonchev–Trinajstić information content (AvgIpc) is 3.13. The highest BCUT2D eigenvalue weighted by molar-refractivity contribution is 7.80. The Bertz CT molecular complexity index is 833. The summed E-state index contributed by atoms with van der Waals surface area (Å²) in [6.45, 7) is 0.221. The van der Waals surface area contributed by atoms with Crippen molar-refractivity contribution < 1.29 is 14.3 Å². The number of carbonyl (C=O) groups is 1. The molecule has 0 aromatic heterocycles. The fourth-order valence-electron chi connectivity index (χ4n) is 2.52. The number of thiocarbonyl (C=S) groups is 1. The molecule has 0 spiro atoms. The maximum absolute atomic E-state index is 12.6. The number of carbonyl (C=O) groups excluding carboxylic acids is 1. The maximum atomic E-state index is 12.6. The zero-order valence-electron chi connectivity index (χ0n) is 12.0. The lowest BCUT2D eigenvalue weighted by Gasteiger charge is -2.13. The Morgan fingerprint density at radius 1 is 1.09 bits per heavy atom. The van der Waals surface area contributed by atoms with Crippen LogP contribution in [0.2, 0.25) is 0 Å². The highest BCUT2D eigenvalue weighted by atomic mass is 32.1. The van der Waals surface area contributed by atoms with E-state index in [0.717, 1.165) is 11.3 Å². The number of fused-ring (bicyclic) bond motifs is 1. The number of benzene rings is 2. The predicted octanol–water partition coefficient (Wildman–Crippen LogP) is 2.68. The minimum absolute atomic E-state index is 0.182. The fraction of sp³-hybridized carbons (Fsp3) is 0.0588. The Labute approximate surface area is 138 Å². The van der Waals surface area contributed by atoms with Gasteiger partial charge in [-0.05, 0) is 48.1 Å². The van der Waals surface area contributed by atoms with Crippen LogP contribution in [-0.2, 0) is 4.79 Å². The van der Waals surface area contributed by atoms with Gasteiger partial charge in [-0.25, -0.2) is 0 Å². The van der Waals surface area contributed by atoms with Crippen molar-refractivity contribution >= 4 is 35.0 Å². The molecule has 6 heteroatoms. The quantitative estimate of drug-likeness (QED) is 0.680. The van der Waals surface area contributed by atoms with Gasteiger partial charge in [0.1, 0.15) is 5.70 Å². The first kappa shape index (κ1) is 13.8. The smallest absolute Gasteiger partial charge is 0.281 e. The van der Waals surface area contributed by atoms with Gasteiger partial charge in [0.2, 0.25) is 6.79 Å². The van der Waals surface area contributed by atoms with E-state index < -0.39 is 0 Å². The number of anilines is 1. The molecule has 1 amide bonds. The highest BCUT2D eigenvalue weighted by Crippen LogP contribution is 2.33. The van der Waals surface area contributed by atoms with Crippen LogP contribution in [0.1, 0.15) is 5.56 Å². The Kier molecular flexibility index (Phi) is 3.24. The molecule has 2 aromatic carbocycles. The van der Waals surface area contributed by atoms with E-state index in [1.807, 2.05) is 48.5 Å². The zero-order valence-corrected chi connectivity index (χ0v) is 12.8. The van der Waals surface area contributed by atoms with Crippen molar-refractivity contribution in [1.29, 1.82) is 0 Å². The molecule has 2 aromatic rings. The second-order valence-electron chi connectivity index (χ2n) is 5.08. The summed E-state index contributed by atoms with van der Waals surface area (Å²) in [6.07, 6.45) is 1.75. The molecule has 0 unspecified atom stereocenters. The van der Waals surface area contributed by atoms with Crippen LogP contribution in [0.15, 0.2) is 54.2 Å². The SMILES string of the molecule is O=C1/C(=C/c2ccc3c(c2)OCO3)NC(=S)N1c1ccccc1. The van der Waals surface area contributed by atoms with E-state index >= 15 is 0 Å². The second kappa shape index (κ2) is 5.40. The molecular formula is C17H12N2O3S. The van der Waals surface area contributed by atoms with Gasteiger partial charge in [-0.2, -0.15) is 0 Å². The summed E-state index contributed by atoms with van der Waals surface area (Å²) in [4.78, 5) is 14.1. The Balaban J connectivity index is 1.65. The molecule has 0 atom stereocenters. The molecular weight excluding hydrogens is 312 g/mol. The molecule has 1 N–H and O–H groups in total. The fourth-order valence-corrected chi connectivity index (χ4v) is 2.81. The van der Waals surface area contributed by atoms with E-state index in [2.05, 4.69) is 5.32 Å². The molecule has 2 aliphatic rings. The minimum atomic E-state index is -0.182. The largest absolute Gasteiger partial charge is 0.454 e. The third-order valence-electron chi connectivity index (χ3n) is 3.60. The summed E-state index contributed by atoms with van der Waals surface area (Å²) in [5.74, 6) is 1.20. The Morgan fingerprint density at radius 2 is 1.87 bits per heavy atom. The van der Waals surface area contributed by atoms with Gasteiger partial charge in [-0.1, -0.05) is 24.3 Å². The van der Waals surface area contributed by atoms with E-state index in [9.17, 15) is 4.79 Å². The number of ether oxygens (including phenoxy) is 2. The molecule has 2 heterocycles. The van der Waals surface area contributed by atoms with Gasteiger partial charge in [0.25, 0.3) is 5.91 Å². The first-order valence-electron chi connectivity index (χ1n) is 7.04. The summed E-state index contributed by atoms with van der Waals surface area (Å²) >= 11 is 5.28. The van der Waals surface area contributed by atoms with Crippen LogP contribution in [0.4, 0.5) is 5.69 Å². The van der Waals surface area contributed by atoms with Crippen molar-refractivity contribution in [2.75, 3.05) is 11.7 Å². The number of para-hydroxylation sites is 1. The average molecular weight is 324 g/mol. The van der Waals surface area contributed by atoms with Crippen molar-refractivity contribution in [3.8, 4) is 11.5 Å². The van der Waals surface area contributed by atoms with Crippen molar-refractivity contribution in [2.45, 2.75) is 0 Å². The molecule has 4 rings (SSSR count). The standard InChI is InChI=1S/C17H12N2O3S/c20-16-13(8-11-6-7-14-15(9-11)22-10-21-14)18-17(23)19(16)12-4-2-1-3-5-12/h1-9H,10H2,(H,18,23)/b13-8-. The molecule has 0 radical (unpaired) electrons. The van der Waals surface area contributed by atoms with Crippen molar-refractivity contribution in [3.63, 3.8) is 0 Å². The highest BCUT2D eigenvalue weighted by Gasteiger charge is 2.31. The van der Waals surface area contributed by atoms with Crippen molar-refractivity contribution in [3.05, 3.63) is 59.8 Å². The monoisotopic (exact) mass is 324 g/mol. The summed E-state index contributed by atoms with van der Waals surface area (Å²) < 4.78 is 10.6. The van der Waals surface area contributed by atoms with Gasteiger partial charge < -0.3 is 14.8 Å². The molecule has 23 heavy (non-hydrogen) atoms. The molecule has 1 saturated heterocycles. The van der Waals surface area contributed by atoms with Crippen LogP contribution in [0, 0.1) is 0 Å². The predicted molar refractivity (Wildman–Crippen MR) is 90.2 cm³/mol. The van der Waals surface area contributed by atoms with Gasteiger partial charge in [-0.15, -0.1) is 0 Å². The van der Waals surface area contributed by atoms with Gasteiger partial charge in [-0.3, -0.25) is 9.69 Å². The van der Waals surface area contributed by atoms with Crippen molar-refractivity contribution in [1.82, 2.24) is 5.32 Å². The number of hydrogen-bond acceptors (Lipinski definition) is 4. The lowest BCUT2D eigenvalue weighted by atomic mass is 10.1. The van der Waals surface area contributed by atoms with E-state index in [1.165, 1.54) is 4.90 Å². The summed E-state index contributed by atoms with van der Waals surface area (Å²) in [7, 11) is 0. The maximum Gasteiger partial charge on any atom is 0.281 e. The van der Waals surface area contributed by atoms with Crippen LogP contribution in [0.3, 0.4) is 0 Å². The molecule has 0 aliphatic carbocycles. The Hall–Kier alpha value is -2.86. The first-order chi connectivity index (χ1) is 11.2. The van der Waals surface area contributed by atoms with Gasteiger partial charge in [0.05, 0.1) is 5.69 Å². The topological polar surface area (TPSA) is 50.8 Å². The molecule has 2 aliphatic heterocycles. The van der Waals surface area contributed by atoms with E-state index in [4.69, 9.17) is 21.7 Å². The van der Waals surface area contributed by atoms with Gasteiger partial charge >= 0.3 is 0 Å². The van der Waals surface area contributed by atoms with Crippen molar-refractivity contribution in [2.24, 2.45) is 0 Å². The molecule has 0 bridgehead atoms. The van der Waals surface area contributed by atoms with Crippen LogP contribution in [0.25, 0.3) is 6.08 Å². The van der Waals surface area contributed by atoms with Gasteiger partial charge in [0, 0.05) is 0 Å². The second-order valence-corrected chi connectivity index (χ2v) is 5.46. The van der Waals surface area contributed by atoms with Crippen LogP contribution < -0.4 is 19.7 Å². The van der Waals surface area contributed by atoms with E-state index in [1.54, 1.807) is 6.08 Å². The van der Waals surface area contributed by atoms with E-state index in [0.29, 0.717) is 22.3 Å². The summed E-state index contributed by atoms with van der Waals surface area (Å²) in [5.41, 5.74) is 2.00. The van der Waals surface area contributed by atoms with Crippen LogP contribution in [0.5, 0.6) is 11.5 Å². The van der Waals surface area contributed by atoms with E-state index in [-0.39, 0.29) is 12.7 Å². The van der Waals surface area contributed by atoms with Crippen LogP contribution >= 0.6 is 12.2 Å². The minimum Gasteiger partial charge on any atom is -0.454 e. The lowest BCUT2D eigenvalue weighted by molar-refractivity contribution is -0.113. The third-order valence-corrected chi connectivity index (χ3v) is 3.88. The zero-order chi connectivity index (χ0) is 15.8. The molecule has 5 nitrogen and oxygen atoms in total. The number of rotatable bonds is 2. The summed E-state index contributed by atoms with van der Waals surface area (Å²) in [5, 5.41) is 3.33. The Morgan fingerprint density at radius 3 is 2.70 bits per heavy atom. The normalized spacial score (nSPS) is 17.7. The lowest BCUT2D eigenvalue weighted by Crippen LogP contribution is -2.30. The summed E-state index contributed by atoms with van der Waals surface area (Å²) in [6, 6.07) is 14.8. The molecule has 0 saturated carbocycles. The third kappa shape index (κ3) is 2.43. The van der Waals surface area contributed by atoms with Gasteiger partial charge in [0.15, 0.2) is 16.6 Å². The number of hydrogen-bond donors (Lipinski definition) is 1. The number of nitrogens with one attached hydrogen (secondary N) is 1. The molecule has 1 fully saturated rings. The number of amides is 1. The molecule has 114 valence electrons.